The van der Waals surface area contributed by atoms with Crippen LogP contribution >= 0.6 is 0 Å². The van der Waals surface area contributed by atoms with E-state index in [1.165, 1.54) is 5.69 Å². The van der Waals surface area contributed by atoms with Gasteiger partial charge >= 0.3 is 0 Å². The van der Waals surface area contributed by atoms with Crippen molar-refractivity contribution in [1.29, 1.82) is 0 Å². The third-order valence-electron chi connectivity index (χ3n) is 8.64. The molecule has 0 saturated carbocycles. The van der Waals surface area contributed by atoms with Gasteiger partial charge in [0.1, 0.15) is 0 Å². The monoisotopic (exact) mass is 628 g/mol. The lowest BCUT2D eigenvalue weighted by Gasteiger charge is -2.43. The van der Waals surface area contributed by atoms with Gasteiger partial charge in [0, 0.05) is 54.9 Å². The Morgan fingerprint density at radius 3 is 2.42 bits per heavy atom. The molecule has 2 aliphatic rings. The molecule has 2 fully saturated rings. The third-order valence-corrected chi connectivity index (χ3v) is 9.97. The van der Waals surface area contributed by atoms with E-state index in [0.717, 1.165) is 72.5 Å². The third kappa shape index (κ3) is 7.11. The van der Waals surface area contributed by atoms with Gasteiger partial charge in [0.05, 0.1) is 29.5 Å². The lowest BCUT2D eigenvalue weighted by atomic mass is 10.0. The number of rotatable bonds is 12. The average molecular weight is 629 g/mol. The second-order valence-corrected chi connectivity index (χ2v) is 13.4. The predicted octanol–water partition coefficient (Wildman–Crippen LogP) is 4.95. The molecule has 2 N–H and O–H groups in total. The highest BCUT2D eigenvalue weighted by Gasteiger charge is 2.40. The van der Waals surface area contributed by atoms with Crippen LogP contribution in [0.4, 0.5) is 17.2 Å². The Kier molecular flexibility index (Phi) is 9.29. The molecule has 45 heavy (non-hydrogen) atoms. The summed E-state index contributed by atoms with van der Waals surface area (Å²) < 4.78 is 35.4. The number of hydrogen-bond donors (Lipinski definition) is 1. The summed E-state index contributed by atoms with van der Waals surface area (Å²) in [5.74, 6) is 0.466. The van der Waals surface area contributed by atoms with Gasteiger partial charge in [-0.15, -0.1) is 10.2 Å². The smallest absolute Gasteiger partial charge is 0.297 e. The van der Waals surface area contributed by atoms with E-state index >= 15 is 0 Å². The Labute approximate surface area is 265 Å². The van der Waals surface area contributed by atoms with Crippen LogP contribution in [0.3, 0.4) is 0 Å². The van der Waals surface area contributed by atoms with E-state index in [1.807, 2.05) is 25.3 Å². The van der Waals surface area contributed by atoms with E-state index in [-0.39, 0.29) is 18.1 Å². The van der Waals surface area contributed by atoms with E-state index in [2.05, 4.69) is 62.2 Å². The van der Waals surface area contributed by atoms with Gasteiger partial charge in [-0.3, -0.25) is 9.17 Å². The fourth-order valence-electron chi connectivity index (χ4n) is 6.35. The van der Waals surface area contributed by atoms with Crippen LogP contribution in [0.15, 0.2) is 77.8 Å². The second kappa shape index (κ2) is 13.5. The number of piperazine rings is 1. The van der Waals surface area contributed by atoms with Crippen molar-refractivity contribution < 1.29 is 17.3 Å². The molecule has 2 atom stereocenters. The van der Waals surface area contributed by atoms with Crippen molar-refractivity contribution in [1.82, 2.24) is 15.2 Å². The Bertz CT molecular complexity index is 1720. The first-order chi connectivity index (χ1) is 21.8. The molecule has 0 spiro atoms. The molecule has 4 aromatic rings. The number of nitrogens with zero attached hydrogens (tertiary/aromatic N) is 5. The lowest BCUT2D eigenvalue weighted by Crippen LogP contribution is -2.54. The number of aromatic nitrogens is 3. The SMILES string of the molecule is Cc1ccc(S(=O)(=O)OCCOCCCc2cc(N3C4CCC3CN(c3cc(-c5ccccc5C)nnc3N)C4)ccn2)cc1. The molecule has 0 aliphatic carbocycles. The van der Waals surface area contributed by atoms with Crippen molar-refractivity contribution in [3.05, 3.63) is 89.7 Å². The molecule has 10 nitrogen and oxygen atoms in total. The van der Waals surface area contributed by atoms with E-state index in [1.54, 1.807) is 24.3 Å². The molecule has 0 radical (unpaired) electrons. The van der Waals surface area contributed by atoms with Crippen molar-refractivity contribution in [2.24, 2.45) is 0 Å². The van der Waals surface area contributed by atoms with Gasteiger partial charge in [-0.2, -0.15) is 8.42 Å². The highest BCUT2D eigenvalue weighted by Crippen LogP contribution is 2.38. The molecule has 2 saturated heterocycles. The van der Waals surface area contributed by atoms with Gasteiger partial charge in [-0.25, -0.2) is 0 Å². The first-order valence-electron chi connectivity index (χ1n) is 15.5. The van der Waals surface area contributed by atoms with Crippen LogP contribution in [0.1, 0.15) is 36.1 Å². The first-order valence-corrected chi connectivity index (χ1v) is 16.9. The van der Waals surface area contributed by atoms with Crippen molar-refractivity contribution in [3.63, 3.8) is 0 Å². The number of pyridine rings is 1. The van der Waals surface area contributed by atoms with Crippen molar-refractivity contribution in [3.8, 4) is 11.3 Å². The average Bonchev–Trinajstić information content (AvgIpc) is 3.30. The van der Waals surface area contributed by atoms with E-state index in [4.69, 9.17) is 14.7 Å². The van der Waals surface area contributed by atoms with Crippen molar-refractivity contribution in [2.75, 3.05) is 48.4 Å². The van der Waals surface area contributed by atoms with Gasteiger partial charge in [0.25, 0.3) is 10.1 Å². The van der Waals surface area contributed by atoms with Gasteiger partial charge in [-0.1, -0.05) is 42.0 Å². The number of fused-ring (bicyclic) bond motifs is 2. The minimum atomic E-state index is -3.78. The molecule has 236 valence electrons. The molecule has 2 aromatic heterocycles. The van der Waals surface area contributed by atoms with Crippen molar-refractivity contribution >= 4 is 27.3 Å². The zero-order valence-corrected chi connectivity index (χ0v) is 26.6. The fraction of sp³-hybridized carbons (Fsp3) is 0.382. The number of hydrogen-bond acceptors (Lipinski definition) is 10. The number of benzene rings is 2. The molecule has 6 rings (SSSR count). The maximum atomic E-state index is 12.3. The van der Waals surface area contributed by atoms with Crippen molar-refractivity contribution in [2.45, 2.75) is 56.5 Å². The Balaban J connectivity index is 1.01. The van der Waals surface area contributed by atoms with Crippen LogP contribution in [0.2, 0.25) is 0 Å². The van der Waals surface area contributed by atoms with E-state index < -0.39 is 10.1 Å². The molecule has 11 heteroatoms. The van der Waals surface area contributed by atoms with E-state index in [9.17, 15) is 8.42 Å². The molecular formula is C34H40N6O4S. The van der Waals surface area contributed by atoms with E-state index in [0.29, 0.717) is 24.5 Å². The fourth-order valence-corrected chi connectivity index (χ4v) is 7.25. The minimum Gasteiger partial charge on any atom is -0.380 e. The summed E-state index contributed by atoms with van der Waals surface area (Å²) in [4.78, 5) is 9.68. The van der Waals surface area contributed by atoms with Crippen LogP contribution in [0, 0.1) is 13.8 Å². The first kappa shape index (κ1) is 30.9. The maximum Gasteiger partial charge on any atom is 0.297 e. The highest BCUT2D eigenvalue weighted by atomic mass is 32.2. The molecule has 4 heterocycles. The number of ether oxygens (including phenoxy) is 1. The highest BCUT2D eigenvalue weighted by molar-refractivity contribution is 7.86. The van der Waals surface area contributed by atoms with Gasteiger partial charge < -0.3 is 20.3 Å². The summed E-state index contributed by atoms with van der Waals surface area (Å²) in [5, 5.41) is 8.73. The number of anilines is 3. The van der Waals surface area contributed by atoms with Gasteiger partial charge in [0.15, 0.2) is 5.82 Å². The summed E-state index contributed by atoms with van der Waals surface area (Å²) in [7, 11) is -3.78. The zero-order valence-electron chi connectivity index (χ0n) is 25.8. The summed E-state index contributed by atoms with van der Waals surface area (Å²) in [5.41, 5.74) is 13.6. The standard InChI is InChI=1S/C34H40N6O4S/c1-24-9-13-30(14-10-24)45(41,42)44-19-18-43-17-5-7-26-20-27(15-16-36-26)40-28-11-12-29(40)23-39(22-28)33-21-32(37-38-34(33)35)31-8-4-3-6-25(31)2/h3-4,6,8-10,13-16,20-21,28-29H,5,7,11-12,17-19,22-23H2,1-2H3,(H2,35,38). The van der Waals surface area contributed by atoms with Crippen LogP contribution < -0.4 is 15.5 Å². The molecule has 2 bridgehead atoms. The number of nitrogens with two attached hydrogens (primary N) is 1. The lowest BCUT2D eigenvalue weighted by molar-refractivity contribution is 0.100. The number of nitrogen functional groups attached to an aromatic ring is 1. The zero-order chi connectivity index (χ0) is 31.4. The largest absolute Gasteiger partial charge is 0.380 e. The molecular weight excluding hydrogens is 588 g/mol. The van der Waals surface area contributed by atoms with Crippen LogP contribution in [0.5, 0.6) is 0 Å². The quantitative estimate of drug-likeness (QED) is 0.170. The summed E-state index contributed by atoms with van der Waals surface area (Å²) >= 11 is 0. The Morgan fingerprint density at radius 1 is 0.911 bits per heavy atom. The molecule has 2 aliphatic heterocycles. The van der Waals surface area contributed by atoms with Gasteiger partial charge in [0.2, 0.25) is 0 Å². The van der Waals surface area contributed by atoms with Gasteiger partial charge in [-0.05, 0) is 75.4 Å². The summed E-state index contributed by atoms with van der Waals surface area (Å²) in [6.45, 7) is 6.40. The Hall–Kier alpha value is -4.06. The summed E-state index contributed by atoms with van der Waals surface area (Å²) in [6, 6.07) is 21.9. The normalized spacial score (nSPS) is 18.0. The predicted molar refractivity (Wildman–Crippen MR) is 176 cm³/mol. The Morgan fingerprint density at radius 2 is 1.67 bits per heavy atom. The molecule has 2 aromatic carbocycles. The maximum absolute atomic E-state index is 12.3. The van der Waals surface area contributed by atoms with Crippen LogP contribution in [-0.4, -0.2) is 68.6 Å². The second-order valence-electron chi connectivity index (χ2n) is 11.8. The molecule has 0 amide bonds. The number of aryl methyl sites for hydroxylation is 3. The minimum absolute atomic E-state index is 0.0207. The topological polar surface area (TPSA) is 124 Å². The summed E-state index contributed by atoms with van der Waals surface area (Å²) in [6.07, 6.45) is 5.68. The van der Waals surface area contributed by atoms with Crippen LogP contribution in [-0.2, 0) is 25.5 Å². The van der Waals surface area contributed by atoms with Crippen LogP contribution in [0.25, 0.3) is 11.3 Å². The molecule has 2 unspecified atom stereocenters.